The summed E-state index contributed by atoms with van der Waals surface area (Å²) in [5.74, 6) is 0.0230. The number of hydrogen-bond acceptors (Lipinski definition) is 3. The first kappa shape index (κ1) is 15.9. The number of carbonyl (C=O) groups is 1. The molecule has 0 heterocycles. The molecular weight excluding hydrogens is 271 g/mol. The van der Waals surface area contributed by atoms with Gasteiger partial charge in [0.15, 0.2) is 0 Å². The Bertz CT molecular complexity index is 485. The van der Waals surface area contributed by atoms with Crippen LogP contribution in [0.1, 0.15) is 32.6 Å². The van der Waals surface area contributed by atoms with E-state index in [1.807, 2.05) is 0 Å². The molecule has 5 heteroatoms. The van der Waals surface area contributed by atoms with Gasteiger partial charge >= 0.3 is 0 Å². The summed E-state index contributed by atoms with van der Waals surface area (Å²) in [6.07, 6.45) is 3.92. The van der Waals surface area contributed by atoms with Crippen LogP contribution in [-0.4, -0.2) is 24.7 Å². The second-order valence-corrected chi connectivity index (χ2v) is 5.92. The summed E-state index contributed by atoms with van der Waals surface area (Å²) in [5, 5.41) is 2.63. The summed E-state index contributed by atoms with van der Waals surface area (Å²) in [6, 6.07) is 5.80. The summed E-state index contributed by atoms with van der Waals surface area (Å²) < 4.78 is 18.8. The van der Waals surface area contributed by atoms with Gasteiger partial charge in [0.2, 0.25) is 5.91 Å². The number of carbonyl (C=O) groups excluding carboxylic acids is 1. The number of nitrogens with one attached hydrogen (secondary N) is 1. The first-order chi connectivity index (χ1) is 10.0. The molecule has 0 atom stereocenters. The van der Waals surface area contributed by atoms with Crippen LogP contribution >= 0.6 is 0 Å². The van der Waals surface area contributed by atoms with Crippen LogP contribution in [-0.2, 0) is 9.53 Å². The number of ether oxygens (including phenoxy) is 1. The molecule has 116 valence electrons. The summed E-state index contributed by atoms with van der Waals surface area (Å²) in [5.41, 5.74) is 5.89. The average molecular weight is 294 g/mol. The number of halogens is 1. The standard InChI is InChI=1S/C16H23FN2O2/c1-12-5-7-16(11-18,8-6-12)21-10-15(20)19-14-4-2-3-13(17)9-14/h2-4,9,12H,5-8,10-11,18H2,1H3,(H,19,20). The Labute approximate surface area is 124 Å². The van der Waals surface area contributed by atoms with E-state index in [9.17, 15) is 9.18 Å². The maximum atomic E-state index is 13.0. The van der Waals surface area contributed by atoms with Crippen LogP contribution in [0.3, 0.4) is 0 Å². The molecule has 1 fully saturated rings. The summed E-state index contributed by atoms with van der Waals surface area (Å²) in [7, 11) is 0. The Morgan fingerprint density at radius 2 is 2.19 bits per heavy atom. The molecule has 0 radical (unpaired) electrons. The fraction of sp³-hybridized carbons (Fsp3) is 0.562. The molecule has 1 saturated carbocycles. The smallest absolute Gasteiger partial charge is 0.250 e. The van der Waals surface area contributed by atoms with Crippen LogP contribution in [0.15, 0.2) is 24.3 Å². The lowest BCUT2D eigenvalue weighted by Crippen LogP contribution is -2.45. The number of anilines is 1. The van der Waals surface area contributed by atoms with Crippen molar-refractivity contribution >= 4 is 11.6 Å². The Morgan fingerprint density at radius 3 is 2.81 bits per heavy atom. The van der Waals surface area contributed by atoms with Gasteiger partial charge in [0, 0.05) is 12.2 Å². The normalized spacial score (nSPS) is 25.6. The Balaban J connectivity index is 1.85. The van der Waals surface area contributed by atoms with E-state index >= 15 is 0 Å². The minimum absolute atomic E-state index is 0.0535. The maximum Gasteiger partial charge on any atom is 0.250 e. The highest BCUT2D eigenvalue weighted by molar-refractivity contribution is 5.91. The van der Waals surface area contributed by atoms with Crippen LogP contribution in [0.2, 0.25) is 0 Å². The van der Waals surface area contributed by atoms with Gasteiger partial charge in [0.1, 0.15) is 12.4 Å². The molecule has 1 aromatic rings. The third-order valence-electron chi connectivity index (χ3n) is 4.18. The van der Waals surface area contributed by atoms with Gasteiger partial charge in [-0.05, 0) is 49.8 Å². The third-order valence-corrected chi connectivity index (χ3v) is 4.18. The van der Waals surface area contributed by atoms with Crippen molar-refractivity contribution in [2.45, 2.75) is 38.2 Å². The highest BCUT2D eigenvalue weighted by Crippen LogP contribution is 2.33. The molecule has 0 saturated heterocycles. The van der Waals surface area contributed by atoms with Crippen molar-refractivity contribution in [3.8, 4) is 0 Å². The predicted octanol–water partition coefficient (Wildman–Crippen LogP) is 2.69. The quantitative estimate of drug-likeness (QED) is 0.877. The van der Waals surface area contributed by atoms with E-state index < -0.39 is 0 Å². The molecule has 3 N–H and O–H groups in total. The van der Waals surface area contributed by atoms with Crippen molar-refractivity contribution in [3.63, 3.8) is 0 Å². The Kier molecular flexibility index (Phi) is 5.31. The van der Waals surface area contributed by atoms with E-state index in [0.29, 0.717) is 18.2 Å². The molecule has 0 spiro atoms. The van der Waals surface area contributed by atoms with Crippen LogP contribution in [0.25, 0.3) is 0 Å². The van der Waals surface area contributed by atoms with Crippen molar-refractivity contribution in [2.75, 3.05) is 18.5 Å². The summed E-state index contributed by atoms with van der Waals surface area (Å²) in [6.45, 7) is 2.59. The number of amides is 1. The van der Waals surface area contributed by atoms with Gasteiger partial charge in [-0.2, -0.15) is 0 Å². The molecule has 1 aliphatic carbocycles. The lowest BCUT2D eigenvalue weighted by molar-refractivity contribution is -0.131. The fourth-order valence-corrected chi connectivity index (χ4v) is 2.68. The largest absolute Gasteiger partial charge is 0.364 e. The molecule has 21 heavy (non-hydrogen) atoms. The van der Waals surface area contributed by atoms with Crippen molar-refractivity contribution in [3.05, 3.63) is 30.1 Å². The fourth-order valence-electron chi connectivity index (χ4n) is 2.68. The molecule has 4 nitrogen and oxygen atoms in total. The Hall–Kier alpha value is -1.46. The lowest BCUT2D eigenvalue weighted by Gasteiger charge is -2.38. The van der Waals surface area contributed by atoms with Crippen molar-refractivity contribution < 1.29 is 13.9 Å². The first-order valence-electron chi connectivity index (χ1n) is 7.42. The highest BCUT2D eigenvalue weighted by atomic mass is 19.1. The third kappa shape index (κ3) is 4.51. The number of nitrogens with two attached hydrogens (primary N) is 1. The van der Waals surface area contributed by atoms with E-state index in [1.165, 1.54) is 12.1 Å². The van der Waals surface area contributed by atoms with Crippen molar-refractivity contribution in [1.29, 1.82) is 0 Å². The lowest BCUT2D eigenvalue weighted by atomic mass is 9.79. The van der Waals surface area contributed by atoms with Crippen molar-refractivity contribution in [1.82, 2.24) is 0 Å². The molecule has 1 amide bonds. The molecule has 1 aromatic carbocycles. The minimum atomic E-state index is -0.383. The van der Waals surface area contributed by atoms with Crippen LogP contribution in [0.4, 0.5) is 10.1 Å². The summed E-state index contributed by atoms with van der Waals surface area (Å²) in [4.78, 5) is 11.9. The Morgan fingerprint density at radius 1 is 1.48 bits per heavy atom. The van der Waals surface area contributed by atoms with Gasteiger partial charge in [-0.25, -0.2) is 4.39 Å². The molecule has 0 bridgehead atoms. The van der Waals surface area contributed by atoms with Crippen LogP contribution in [0, 0.1) is 11.7 Å². The zero-order chi connectivity index (χ0) is 15.3. The van der Waals surface area contributed by atoms with E-state index in [2.05, 4.69) is 12.2 Å². The molecule has 0 unspecified atom stereocenters. The van der Waals surface area contributed by atoms with Gasteiger partial charge in [0.05, 0.1) is 5.60 Å². The first-order valence-corrected chi connectivity index (χ1v) is 7.42. The van der Waals surface area contributed by atoms with E-state index in [0.717, 1.165) is 25.7 Å². The number of rotatable bonds is 5. The van der Waals surface area contributed by atoms with E-state index in [4.69, 9.17) is 10.5 Å². The van der Waals surface area contributed by atoms with E-state index in [1.54, 1.807) is 12.1 Å². The SMILES string of the molecule is CC1CCC(CN)(OCC(=O)Nc2cccc(F)c2)CC1. The molecule has 2 rings (SSSR count). The van der Waals surface area contributed by atoms with Crippen LogP contribution in [0.5, 0.6) is 0 Å². The van der Waals surface area contributed by atoms with Crippen LogP contribution < -0.4 is 11.1 Å². The van der Waals surface area contributed by atoms with Gasteiger partial charge in [0.25, 0.3) is 0 Å². The van der Waals surface area contributed by atoms with E-state index in [-0.39, 0.29) is 23.9 Å². The zero-order valence-corrected chi connectivity index (χ0v) is 12.4. The number of hydrogen-bond donors (Lipinski definition) is 2. The topological polar surface area (TPSA) is 64.3 Å². The van der Waals surface area contributed by atoms with Gasteiger partial charge in [-0.15, -0.1) is 0 Å². The number of benzene rings is 1. The average Bonchev–Trinajstić information content (AvgIpc) is 2.47. The maximum absolute atomic E-state index is 13.0. The monoisotopic (exact) mass is 294 g/mol. The second-order valence-electron chi connectivity index (χ2n) is 5.92. The molecule has 1 aliphatic rings. The summed E-state index contributed by atoms with van der Waals surface area (Å²) >= 11 is 0. The molecule has 0 aliphatic heterocycles. The van der Waals surface area contributed by atoms with Gasteiger partial charge in [-0.3, -0.25) is 4.79 Å². The second kappa shape index (κ2) is 7.00. The predicted molar refractivity (Wildman–Crippen MR) is 80.4 cm³/mol. The highest BCUT2D eigenvalue weighted by Gasteiger charge is 2.34. The zero-order valence-electron chi connectivity index (χ0n) is 12.4. The van der Waals surface area contributed by atoms with Crippen molar-refractivity contribution in [2.24, 2.45) is 11.7 Å². The molecular formula is C16H23FN2O2. The molecule has 0 aromatic heterocycles. The van der Waals surface area contributed by atoms with Gasteiger partial charge < -0.3 is 15.8 Å². The minimum Gasteiger partial charge on any atom is -0.364 e. The van der Waals surface area contributed by atoms with Gasteiger partial charge in [-0.1, -0.05) is 13.0 Å².